The molecular weight excluding hydrogens is 170 g/mol. The first-order valence-corrected chi connectivity index (χ1v) is 5.08. The van der Waals surface area contributed by atoms with E-state index in [0.717, 1.165) is 5.56 Å². The van der Waals surface area contributed by atoms with Gasteiger partial charge in [-0.1, -0.05) is 23.8 Å². The molecule has 70 valence electrons. The van der Waals surface area contributed by atoms with E-state index >= 15 is 0 Å². The second kappa shape index (κ2) is 4.11. The quantitative estimate of drug-likeness (QED) is 0.653. The van der Waals surface area contributed by atoms with Crippen molar-refractivity contribution >= 4 is 6.08 Å². The summed E-state index contributed by atoms with van der Waals surface area (Å²) in [5.41, 5.74) is 3.51. The van der Waals surface area contributed by atoms with Gasteiger partial charge in [-0.05, 0) is 43.4 Å². The predicted molar refractivity (Wildman–Crippen MR) is 57.6 cm³/mol. The molecule has 1 saturated carbocycles. The first kappa shape index (κ1) is 9.02. The summed E-state index contributed by atoms with van der Waals surface area (Å²) in [6, 6.07) is 9.92. The maximum Gasteiger partial charge on any atom is 0.0991 e. The first-order valence-electron chi connectivity index (χ1n) is 5.08. The van der Waals surface area contributed by atoms with Crippen molar-refractivity contribution in [3.05, 3.63) is 41.0 Å². The Morgan fingerprint density at radius 2 is 1.71 bits per heavy atom. The average molecular weight is 183 g/mol. The van der Waals surface area contributed by atoms with E-state index in [9.17, 15) is 0 Å². The minimum absolute atomic E-state index is 0.735. The molecule has 0 saturated heterocycles. The fourth-order valence-electron chi connectivity index (χ4n) is 1.86. The summed E-state index contributed by atoms with van der Waals surface area (Å²) in [5.74, 6) is 0. The Labute approximate surface area is 84.7 Å². The topological polar surface area (TPSA) is 23.8 Å². The molecule has 1 nitrogen and oxygen atoms in total. The standard InChI is InChI=1S/C13H13N/c14-10-13-7-5-12(6-8-13)9-11-3-1-2-4-11/h5-9H,1-4H2. The third-order valence-electron chi connectivity index (χ3n) is 2.66. The van der Waals surface area contributed by atoms with E-state index < -0.39 is 0 Å². The van der Waals surface area contributed by atoms with Crippen molar-refractivity contribution in [3.8, 4) is 6.07 Å². The number of nitriles is 1. The third-order valence-corrected chi connectivity index (χ3v) is 2.66. The number of hydrogen-bond donors (Lipinski definition) is 0. The van der Waals surface area contributed by atoms with Crippen molar-refractivity contribution in [2.24, 2.45) is 0 Å². The van der Waals surface area contributed by atoms with Crippen LogP contribution in [-0.2, 0) is 0 Å². The fraction of sp³-hybridized carbons (Fsp3) is 0.308. The average Bonchev–Trinajstić information content (AvgIpc) is 2.72. The minimum Gasteiger partial charge on any atom is -0.192 e. The summed E-state index contributed by atoms with van der Waals surface area (Å²) < 4.78 is 0. The van der Waals surface area contributed by atoms with Crippen LogP contribution in [-0.4, -0.2) is 0 Å². The molecule has 1 fully saturated rings. The highest BCUT2D eigenvalue weighted by atomic mass is 14.2. The number of hydrogen-bond acceptors (Lipinski definition) is 1. The number of rotatable bonds is 1. The molecule has 0 heterocycles. The van der Waals surface area contributed by atoms with Crippen LogP contribution >= 0.6 is 0 Å². The van der Waals surface area contributed by atoms with Crippen LogP contribution in [0.1, 0.15) is 36.8 Å². The lowest BCUT2D eigenvalue weighted by Crippen LogP contribution is -1.77. The van der Waals surface area contributed by atoms with E-state index in [4.69, 9.17) is 5.26 Å². The summed E-state index contributed by atoms with van der Waals surface area (Å²) >= 11 is 0. The van der Waals surface area contributed by atoms with Crippen molar-refractivity contribution in [2.75, 3.05) is 0 Å². The highest BCUT2D eigenvalue weighted by Gasteiger charge is 2.05. The molecule has 1 aromatic carbocycles. The van der Waals surface area contributed by atoms with Gasteiger partial charge in [-0.2, -0.15) is 5.26 Å². The molecule has 2 rings (SSSR count). The molecule has 0 unspecified atom stereocenters. The zero-order valence-electron chi connectivity index (χ0n) is 8.16. The van der Waals surface area contributed by atoms with Crippen LogP contribution in [0.2, 0.25) is 0 Å². The molecule has 0 amide bonds. The van der Waals surface area contributed by atoms with Crippen molar-refractivity contribution < 1.29 is 0 Å². The Balaban J connectivity index is 2.17. The third kappa shape index (κ3) is 2.03. The van der Waals surface area contributed by atoms with Crippen LogP contribution in [0, 0.1) is 11.3 Å². The zero-order valence-corrected chi connectivity index (χ0v) is 8.16. The van der Waals surface area contributed by atoms with Crippen molar-refractivity contribution in [2.45, 2.75) is 25.7 Å². The molecule has 1 aromatic rings. The van der Waals surface area contributed by atoms with Crippen molar-refractivity contribution in [3.63, 3.8) is 0 Å². The Morgan fingerprint density at radius 3 is 2.29 bits per heavy atom. The Hall–Kier alpha value is -1.55. The highest BCUT2D eigenvalue weighted by molar-refractivity contribution is 5.54. The Bertz CT molecular complexity index is 371. The molecule has 0 N–H and O–H groups in total. The molecule has 0 radical (unpaired) electrons. The van der Waals surface area contributed by atoms with Gasteiger partial charge < -0.3 is 0 Å². The van der Waals surface area contributed by atoms with E-state index in [0.29, 0.717) is 0 Å². The van der Waals surface area contributed by atoms with E-state index in [-0.39, 0.29) is 0 Å². The maximum atomic E-state index is 8.65. The van der Waals surface area contributed by atoms with Crippen LogP contribution in [0.3, 0.4) is 0 Å². The van der Waals surface area contributed by atoms with Gasteiger partial charge in [0, 0.05) is 0 Å². The van der Waals surface area contributed by atoms with Gasteiger partial charge in [0.05, 0.1) is 11.6 Å². The summed E-state index contributed by atoms with van der Waals surface area (Å²) in [4.78, 5) is 0. The van der Waals surface area contributed by atoms with Crippen LogP contribution < -0.4 is 0 Å². The smallest absolute Gasteiger partial charge is 0.0991 e. The number of benzene rings is 1. The lowest BCUT2D eigenvalue weighted by atomic mass is 10.1. The monoisotopic (exact) mass is 183 g/mol. The SMILES string of the molecule is N#Cc1ccc(C=C2CCCC2)cc1. The molecule has 0 atom stereocenters. The highest BCUT2D eigenvalue weighted by Crippen LogP contribution is 2.25. The maximum absolute atomic E-state index is 8.65. The predicted octanol–water partition coefficient (Wildman–Crippen LogP) is 3.52. The second-order valence-electron chi connectivity index (χ2n) is 3.74. The van der Waals surface area contributed by atoms with Gasteiger partial charge in [-0.25, -0.2) is 0 Å². The van der Waals surface area contributed by atoms with Gasteiger partial charge >= 0.3 is 0 Å². The summed E-state index contributed by atoms with van der Waals surface area (Å²) in [5, 5.41) is 8.65. The zero-order chi connectivity index (χ0) is 9.80. The Morgan fingerprint density at radius 1 is 1.07 bits per heavy atom. The van der Waals surface area contributed by atoms with Gasteiger partial charge in [0.1, 0.15) is 0 Å². The molecule has 0 bridgehead atoms. The van der Waals surface area contributed by atoms with Gasteiger partial charge in [-0.15, -0.1) is 0 Å². The van der Waals surface area contributed by atoms with Crippen LogP contribution in [0.5, 0.6) is 0 Å². The van der Waals surface area contributed by atoms with E-state index in [1.165, 1.54) is 31.2 Å². The molecule has 1 aliphatic carbocycles. The molecule has 14 heavy (non-hydrogen) atoms. The van der Waals surface area contributed by atoms with Crippen molar-refractivity contribution in [1.82, 2.24) is 0 Å². The largest absolute Gasteiger partial charge is 0.192 e. The lowest BCUT2D eigenvalue weighted by molar-refractivity contribution is 0.886. The normalized spacial score (nSPS) is 15.2. The van der Waals surface area contributed by atoms with Crippen molar-refractivity contribution in [1.29, 1.82) is 5.26 Å². The Kier molecular flexibility index (Phi) is 2.65. The van der Waals surface area contributed by atoms with Gasteiger partial charge in [0.15, 0.2) is 0 Å². The minimum atomic E-state index is 0.735. The summed E-state index contributed by atoms with van der Waals surface area (Å²) in [6.07, 6.45) is 7.43. The molecule has 1 heteroatoms. The molecule has 0 spiro atoms. The van der Waals surface area contributed by atoms with Gasteiger partial charge in [0.2, 0.25) is 0 Å². The van der Waals surface area contributed by atoms with Crippen LogP contribution in [0.25, 0.3) is 6.08 Å². The van der Waals surface area contributed by atoms with E-state index in [2.05, 4.69) is 12.1 Å². The van der Waals surface area contributed by atoms with Crippen LogP contribution in [0.15, 0.2) is 29.8 Å². The van der Waals surface area contributed by atoms with Gasteiger partial charge in [0.25, 0.3) is 0 Å². The van der Waals surface area contributed by atoms with Gasteiger partial charge in [-0.3, -0.25) is 0 Å². The molecule has 0 aromatic heterocycles. The second-order valence-corrected chi connectivity index (χ2v) is 3.74. The summed E-state index contributed by atoms with van der Waals surface area (Å²) in [7, 11) is 0. The summed E-state index contributed by atoms with van der Waals surface area (Å²) in [6.45, 7) is 0. The van der Waals surface area contributed by atoms with Crippen LogP contribution in [0.4, 0.5) is 0 Å². The first-order chi connectivity index (χ1) is 6.88. The molecule has 0 aliphatic heterocycles. The lowest BCUT2D eigenvalue weighted by Gasteiger charge is -1.97. The van der Waals surface area contributed by atoms with E-state index in [1.807, 2.05) is 24.3 Å². The molecular formula is C13H13N. The number of allylic oxidation sites excluding steroid dienone is 1. The number of nitrogens with zero attached hydrogens (tertiary/aromatic N) is 1. The molecule has 1 aliphatic rings. The fourth-order valence-corrected chi connectivity index (χ4v) is 1.86. The van der Waals surface area contributed by atoms with E-state index in [1.54, 1.807) is 5.57 Å².